The second kappa shape index (κ2) is 29.6. The Balaban J connectivity index is 0.000000102. The van der Waals surface area contributed by atoms with Crippen molar-refractivity contribution >= 4 is 97.7 Å². The van der Waals surface area contributed by atoms with Crippen molar-refractivity contribution in [1.82, 2.24) is 53.6 Å². The van der Waals surface area contributed by atoms with Gasteiger partial charge in [0.25, 0.3) is 0 Å². The number of nitrogens with zero attached hydrogens (tertiary/aromatic N) is 11. The average molecular weight is 1640 g/mol. The molecule has 0 saturated carbocycles. The van der Waals surface area contributed by atoms with Crippen LogP contribution in [-0.2, 0) is 0 Å². The number of hydrogen-bond donors (Lipinski definition) is 0. The Hall–Kier alpha value is -17.5. The fraction of sp³-hybridized carbons (Fsp3) is 0. The minimum absolute atomic E-state index is 0.612. The second-order valence-electron chi connectivity index (χ2n) is 33.1. The lowest BCUT2D eigenvalue weighted by Gasteiger charge is -2.14. The third-order valence-corrected chi connectivity index (χ3v) is 25.9. The molecule has 0 spiro atoms. The minimum atomic E-state index is 0.612. The molecule has 0 saturated heterocycles. The second-order valence-corrected chi connectivity index (χ2v) is 33.1. The molecule has 0 unspecified atom stereocenters. The molecule has 0 N–H and O–H groups in total. The summed E-state index contributed by atoms with van der Waals surface area (Å²) in [6.45, 7) is 0. The zero-order valence-corrected chi connectivity index (χ0v) is 69.4. The third kappa shape index (κ3) is 11.8. The summed E-state index contributed by atoms with van der Waals surface area (Å²) in [4.78, 5) is 40.5. The van der Waals surface area contributed by atoms with Gasteiger partial charge in [0, 0.05) is 76.9 Å². The Morgan fingerprint density at radius 3 is 0.721 bits per heavy atom. The fourth-order valence-electron chi connectivity index (χ4n) is 20.4. The van der Waals surface area contributed by atoms with E-state index in [1.165, 1.54) is 142 Å². The fourth-order valence-corrected chi connectivity index (χ4v) is 20.4. The van der Waals surface area contributed by atoms with Crippen molar-refractivity contribution in [1.29, 1.82) is 0 Å². The van der Waals surface area contributed by atoms with Gasteiger partial charge in [0.15, 0.2) is 29.1 Å². The maximum Gasteiger partial charge on any atom is 0.238 e. The van der Waals surface area contributed by atoms with Crippen LogP contribution in [0, 0.1) is 0 Å². The molecule has 19 aromatic carbocycles. The van der Waals surface area contributed by atoms with Crippen molar-refractivity contribution in [3.8, 4) is 164 Å². The van der Waals surface area contributed by atoms with Gasteiger partial charge in [-0.25, -0.2) is 29.9 Å². The van der Waals surface area contributed by atoms with Crippen LogP contribution in [-0.4, -0.2) is 53.6 Å². The molecule has 11 heteroatoms. The lowest BCUT2D eigenvalue weighted by atomic mass is 9.93. The van der Waals surface area contributed by atoms with Gasteiger partial charge < -0.3 is 4.57 Å². The highest BCUT2D eigenvalue weighted by molar-refractivity contribution is 6.33. The van der Waals surface area contributed by atoms with Gasteiger partial charge >= 0.3 is 0 Å². The first kappa shape index (κ1) is 73.0. The smallest absolute Gasteiger partial charge is 0.238 e. The first-order chi connectivity index (χ1) is 64.0. The van der Waals surface area contributed by atoms with Crippen molar-refractivity contribution in [2.75, 3.05) is 0 Å². The molecule has 0 atom stereocenters. The summed E-state index contributed by atoms with van der Waals surface area (Å²) in [5, 5.41) is 15.1. The summed E-state index contributed by atoms with van der Waals surface area (Å²) < 4.78 is 6.88. The predicted octanol–water partition coefficient (Wildman–Crippen LogP) is 29.6. The summed E-state index contributed by atoms with van der Waals surface area (Å²) in [6, 6.07) is 152. The molecular weight excluding hydrogens is 1570 g/mol. The molecule has 11 nitrogen and oxygen atoms in total. The minimum Gasteiger partial charge on any atom is -0.309 e. The summed E-state index contributed by atoms with van der Waals surface area (Å²) >= 11 is 0. The lowest BCUT2D eigenvalue weighted by molar-refractivity contribution is 0.953. The van der Waals surface area contributed by atoms with E-state index in [9.17, 15) is 0 Å². The van der Waals surface area contributed by atoms with E-state index in [4.69, 9.17) is 39.9 Å². The molecule has 3 aliphatic carbocycles. The summed E-state index contributed by atoms with van der Waals surface area (Å²) in [6.07, 6.45) is 0. The molecule has 0 aliphatic heterocycles. The summed E-state index contributed by atoms with van der Waals surface area (Å²) in [5.74, 6) is 4.54. The Labute approximate surface area is 740 Å². The largest absolute Gasteiger partial charge is 0.309 e. The van der Waals surface area contributed by atoms with Gasteiger partial charge in [0.05, 0.1) is 44.5 Å². The quantitative estimate of drug-likeness (QED) is 0.133. The van der Waals surface area contributed by atoms with Crippen LogP contribution in [0.4, 0.5) is 0 Å². The third-order valence-electron chi connectivity index (χ3n) is 25.9. The molecule has 598 valence electrons. The van der Waals surface area contributed by atoms with Crippen molar-refractivity contribution in [3.05, 3.63) is 431 Å². The van der Waals surface area contributed by atoms with E-state index in [1.54, 1.807) is 0 Å². The van der Waals surface area contributed by atoms with Crippen LogP contribution in [0.25, 0.3) is 262 Å². The Morgan fingerprint density at radius 1 is 0.140 bits per heavy atom. The summed E-state index contributed by atoms with van der Waals surface area (Å²) in [7, 11) is 0. The van der Waals surface area contributed by atoms with Gasteiger partial charge in [-0.2, -0.15) is 9.97 Å². The van der Waals surface area contributed by atoms with E-state index in [2.05, 4.69) is 311 Å². The van der Waals surface area contributed by atoms with E-state index in [-0.39, 0.29) is 0 Å². The Morgan fingerprint density at radius 2 is 0.380 bits per heavy atom. The van der Waals surface area contributed by atoms with E-state index >= 15 is 0 Å². The molecular formula is C118H71N11. The van der Waals surface area contributed by atoms with Crippen molar-refractivity contribution in [2.24, 2.45) is 0 Å². The molecule has 0 radical (unpaired) electrons. The van der Waals surface area contributed by atoms with Crippen LogP contribution >= 0.6 is 0 Å². The number of fused-ring (bicyclic) bond motifs is 9. The maximum absolute atomic E-state index is 5.22. The SMILES string of the molecule is c1ccc(-c2cc(-c3ccccc3)nc(-n3c4cccc5c4c4c6c(cccc6ccc43)-c3ccccc3-5)n2)cc1.c1ccc(-c2nc(-c3ccccc3)nc(-c3cccc(-n4c5cccc6c5c5c7c(cccc7ccc54)-c4ccccc4-6)c3)n2)cc1.c1ccc(-c2nc(-c3ccccc3)nc(-n3c4cccc5c4c4c6c(cccc6ccc43)-c3ccccc3-5)n2)cc1. The van der Waals surface area contributed by atoms with Crippen LogP contribution in [0.15, 0.2) is 431 Å². The molecule has 3 aliphatic rings. The zero-order valence-electron chi connectivity index (χ0n) is 69.4. The van der Waals surface area contributed by atoms with Crippen molar-refractivity contribution in [3.63, 3.8) is 0 Å². The first-order valence-corrected chi connectivity index (χ1v) is 43.6. The molecule has 0 amide bonds. The Bertz CT molecular complexity index is 8410. The monoisotopic (exact) mass is 1640 g/mol. The summed E-state index contributed by atoms with van der Waals surface area (Å²) in [5.41, 5.74) is 31.6. The highest BCUT2D eigenvalue weighted by Gasteiger charge is 2.31. The average Bonchev–Trinajstić information content (AvgIpc) is 1.55. The molecule has 6 aromatic heterocycles. The van der Waals surface area contributed by atoms with Gasteiger partial charge in [-0.1, -0.05) is 376 Å². The maximum atomic E-state index is 5.22. The van der Waals surface area contributed by atoms with E-state index < -0.39 is 0 Å². The van der Waals surface area contributed by atoms with Gasteiger partial charge in [0.1, 0.15) is 0 Å². The van der Waals surface area contributed by atoms with E-state index in [1.807, 2.05) is 133 Å². The zero-order chi connectivity index (χ0) is 84.7. The van der Waals surface area contributed by atoms with Gasteiger partial charge in [-0.15, -0.1) is 0 Å². The Kier molecular flexibility index (Phi) is 16.8. The molecule has 28 rings (SSSR count). The standard InChI is InChI=1S/C43H26N4.C38H23N3.C37H22N4/c1-3-12-28(13-4-1)41-44-42(29-14-5-2-6-15-29)46-43(45-41)30-17-9-18-31(26-30)47-36-23-11-22-35-33-20-8-7-19-32(33)34-21-10-16-27-24-25-37(47)40(38(27)34)39(35)36;1-3-11-24(12-4-1)31-23-32(25-13-5-2-6-14-25)40-38(39-31)41-33-20-10-19-30-28-17-8-7-16-27(28)29-18-9-15-26-21-22-34(41)37(35(26)29)36(30)33;1-3-11-24(12-4-1)35-38-36(25-13-5-2-6-14-25)40-37(39-35)41-30-20-10-19-29-27-17-8-7-16-26(27)28-18-9-15-23-21-22-31(41)34(32(23)28)33(29)30/h1-26H;1-23H;1-22H. The van der Waals surface area contributed by atoms with Crippen LogP contribution < -0.4 is 0 Å². The van der Waals surface area contributed by atoms with E-state index in [0.717, 1.165) is 78.1 Å². The number of hydrogen-bond acceptors (Lipinski definition) is 8. The molecule has 6 heterocycles. The van der Waals surface area contributed by atoms with E-state index in [0.29, 0.717) is 41.0 Å². The molecule has 0 fully saturated rings. The normalized spacial score (nSPS) is 11.9. The highest BCUT2D eigenvalue weighted by atomic mass is 15.2. The molecule has 129 heavy (non-hydrogen) atoms. The van der Waals surface area contributed by atoms with Gasteiger partial charge in [-0.05, 0) is 154 Å². The van der Waals surface area contributed by atoms with Crippen LogP contribution in [0.3, 0.4) is 0 Å². The van der Waals surface area contributed by atoms with Crippen molar-refractivity contribution < 1.29 is 0 Å². The lowest BCUT2D eigenvalue weighted by Crippen LogP contribution is -2.06. The first-order valence-electron chi connectivity index (χ1n) is 43.6. The van der Waals surface area contributed by atoms with Crippen LogP contribution in [0.5, 0.6) is 0 Å². The molecule has 0 bridgehead atoms. The highest BCUT2D eigenvalue weighted by Crippen LogP contribution is 2.54. The van der Waals surface area contributed by atoms with Crippen molar-refractivity contribution in [2.45, 2.75) is 0 Å². The van der Waals surface area contributed by atoms with Crippen LogP contribution in [0.1, 0.15) is 0 Å². The predicted molar refractivity (Wildman–Crippen MR) is 529 cm³/mol. The van der Waals surface area contributed by atoms with Gasteiger partial charge in [-0.3, -0.25) is 9.13 Å². The van der Waals surface area contributed by atoms with Crippen LogP contribution in [0.2, 0.25) is 0 Å². The van der Waals surface area contributed by atoms with Gasteiger partial charge in [0.2, 0.25) is 11.9 Å². The number of benzene rings is 19. The molecule has 25 aromatic rings. The topological polar surface area (TPSA) is 118 Å². The number of rotatable bonds is 10. The number of aromatic nitrogens is 11.